The topological polar surface area (TPSA) is 47.0 Å². The zero-order chi connectivity index (χ0) is 12.5. The lowest BCUT2D eigenvalue weighted by Crippen LogP contribution is -2.01. The molecule has 1 N–H and O–H groups in total. The Labute approximate surface area is 118 Å². The molecule has 1 aliphatic heterocycles. The van der Waals surface area contributed by atoms with Crippen molar-refractivity contribution in [2.45, 2.75) is 19.9 Å². The molecule has 1 aliphatic rings. The number of nitrogens with zero attached hydrogens (tertiary/aromatic N) is 2. The van der Waals surface area contributed by atoms with Crippen LogP contribution in [0.3, 0.4) is 0 Å². The number of aryl methyl sites for hydroxylation is 1. The molecule has 4 nitrogen and oxygen atoms in total. The fourth-order valence-corrected chi connectivity index (χ4v) is 3.14. The third-order valence-corrected chi connectivity index (χ3v) is 4.00. The van der Waals surface area contributed by atoms with Crippen molar-refractivity contribution < 1.29 is 4.74 Å². The van der Waals surface area contributed by atoms with Crippen LogP contribution in [0.15, 0.2) is 16.6 Å². The Morgan fingerprint density at radius 3 is 3.17 bits per heavy atom. The zero-order valence-corrected chi connectivity index (χ0v) is 12.3. The zero-order valence-electron chi connectivity index (χ0n) is 9.86. The molecule has 0 amide bonds. The molecule has 0 saturated carbocycles. The highest BCUT2D eigenvalue weighted by molar-refractivity contribution is 9.10. The molecule has 0 unspecified atom stereocenters. The lowest BCUT2D eigenvalue weighted by atomic mass is 10.1. The molecule has 94 valence electrons. The first-order valence-corrected chi connectivity index (χ1v) is 7.27. The summed E-state index contributed by atoms with van der Waals surface area (Å²) >= 11 is 4.92. The van der Waals surface area contributed by atoms with E-state index in [4.69, 9.17) is 4.74 Å². The highest BCUT2D eigenvalue weighted by Gasteiger charge is 2.17. The van der Waals surface area contributed by atoms with Crippen molar-refractivity contribution in [2.24, 2.45) is 0 Å². The molecular weight excluding hydrogens is 314 g/mol. The van der Waals surface area contributed by atoms with E-state index in [-0.39, 0.29) is 0 Å². The maximum absolute atomic E-state index is 5.68. The molecule has 18 heavy (non-hydrogen) atoms. The Balaban J connectivity index is 1.80. The van der Waals surface area contributed by atoms with Crippen LogP contribution in [0.1, 0.15) is 17.0 Å². The molecule has 0 radical (unpaired) electrons. The molecule has 0 spiro atoms. The van der Waals surface area contributed by atoms with E-state index in [9.17, 15) is 0 Å². The van der Waals surface area contributed by atoms with E-state index >= 15 is 0 Å². The second-order valence-corrected chi connectivity index (χ2v) is 5.82. The predicted octanol–water partition coefficient (Wildman–Crippen LogP) is 3.16. The molecule has 3 rings (SSSR count). The number of anilines is 1. The fraction of sp³-hybridized carbons (Fsp3) is 0.333. The van der Waals surface area contributed by atoms with Gasteiger partial charge in [-0.3, -0.25) is 0 Å². The molecule has 2 aromatic rings. The lowest BCUT2D eigenvalue weighted by Gasteiger charge is -2.09. The van der Waals surface area contributed by atoms with Crippen molar-refractivity contribution in [3.05, 3.63) is 33.6 Å². The molecule has 2 heterocycles. The minimum absolute atomic E-state index is 0.705. The van der Waals surface area contributed by atoms with Crippen molar-refractivity contribution in [2.75, 3.05) is 11.9 Å². The third kappa shape index (κ3) is 2.35. The van der Waals surface area contributed by atoms with E-state index in [1.54, 1.807) is 0 Å². The molecule has 0 saturated heterocycles. The van der Waals surface area contributed by atoms with Crippen LogP contribution < -0.4 is 10.1 Å². The smallest absolute Gasteiger partial charge is 0.202 e. The average Bonchev–Trinajstić information content (AvgIpc) is 2.94. The summed E-state index contributed by atoms with van der Waals surface area (Å²) in [5.74, 6) is 1.82. The van der Waals surface area contributed by atoms with Crippen LogP contribution in [0.2, 0.25) is 0 Å². The summed E-state index contributed by atoms with van der Waals surface area (Å²) in [5, 5.41) is 4.13. The number of hydrogen-bond acceptors (Lipinski definition) is 5. The van der Waals surface area contributed by atoms with Gasteiger partial charge in [-0.25, -0.2) is 4.98 Å². The first-order chi connectivity index (χ1) is 8.72. The molecular formula is C12H12BrN3OS. The van der Waals surface area contributed by atoms with Crippen molar-refractivity contribution >= 4 is 32.6 Å². The van der Waals surface area contributed by atoms with Gasteiger partial charge in [0.15, 0.2) is 0 Å². The number of nitrogens with one attached hydrogen (secondary N) is 1. The van der Waals surface area contributed by atoms with Gasteiger partial charge in [0.2, 0.25) is 5.13 Å². The van der Waals surface area contributed by atoms with Crippen molar-refractivity contribution in [3.63, 3.8) is 0 Å². The Morgan fingerprint density at radius 2 is 2.39 bits per heavy atom. The van der Waals surface area contributed by atoms with Crippen molar-refractivity contribution in [3.8, 4) is 5.75 Å². The lowest BCUT2D eigenvalue weighted by molar-refractivity contribution is 0.354. The summed E-state index contributed by atoms with van der Waals surface area (Å²) in [6, 6.07) is 4.21. The number of fused-ring (bicyclic) bond motifs is 1. The van der Waals surface area contributed by atoms with Crippen LogP contribution in [-0.4, -0.2) is 16.0 Å². The summed E-state index contributed by atoms with van der Waals surface area (Å²) in [5.41, 5.74) is 2.43. The maximum atomic E-state index is 5.68. The second kappa shape index (κ2) is 4.85. The Hall–Kier alpha value is -1.14. The summed E-state index contributed by atoms with van der Waals surface area (Å²) < 4.78 is 10.9. The SMILES string of the molecule is Cc1nsc(NCc2cc(Br)cc3c2OCC3)n1. The summed E-state index contributed by atoms with van der Waals surface area (Å²) in [4.78, 5) is 4.29. The van der Waals surface area contributed by atoms with Gasteiger partial charge in [-0.2, -0.15) is 4.37 Å². The van der Waals surface area contributed by atoms with Crippen LogP contribution in [0.5, 0.6) is 5.75 Å². The van der Waals surface area contributed by atoms with Crippen LogP contribution in [0.4, 0.5) is 5.13 Å². The molecule has 0 aliphatic carbocycles. The van der Waals surface area contributed by atoms with E-state index in [2.05, 4.69) is 42.7 Å². The van der Waals surface area contributed by atoms with Gasteiger partial charge < -0.3 is 10.1 Å². The summed E-state index contributed by atoms with van der Waals surface area (Å²) in [6.07, 6.45) is 0.986. The molecule has 0 fully saturated rings. The number of aromatic nitrogens is 2. The maximum Gasteiger partial charge on any atom is 0.202 e. The monoisotopic (exact) mass is 325 g/mol. The molecule has 0 bridgehead atoms. The van der Waals surface area contributed by atoms with Gasteiger partial charge >= 0.3 is 0 Å². The van der Waals surface area contributed by atoms with E-state index in [1.165, 1.54) is 17.1 Å². The van der Waals surface area contributed by atoms with Crippen LogP contribution >= 0.6 is 27.5 Å². The van der Waals surface area contributed by atoms with E-state index in [1.807, 2.05) is 6.92 Å². The summed E-state index contributed by atoms with van der Waals surface area (Å²) in [6.45, 7) is 3.37. The van der Waals surface area contributed by atoms with E-state index in [0.29, 0.717) is 6.54 Å². The van der Waals surface area contributed by atoms with Gasteiger partial charge in [-0.15, -0.1) is 0 Å². The molecule has 6 heteroatoms. The van der Waals surface area contributed by atoms with Gasteiger partial charge in [0.05, 0.1) is 6.61 Å². The first kappa shape index (κ1) is 11.9. The molecule has 1 aromatic carbocycles. The minimum Gasteiger partial charge on any atom is -0.493 e. The number of rotatable bonds is 3. The van der Waals surface area contributed by atoms with Crippen LogP contribution in [-0.2, 0) is 13.0 Å². The predicted molar refractivity (Wildman–Crippen MR) is 75.3 cm³/mol. The largest absolute Gasteiger partial charge is 0.493 e. The summed E-state index contributed by atoms with van der Waals surface area (Å²) in [7, 11) is 0. The number of hydrogen-bond donors (Lipinski definition) is 1. The van der Waals surface area contributed by atoms with Gasteiger partial charge in [0, 0.05) is 34.5 Å². The second-order valence-electron chi connectivity index (χ2n) is 4.15. The normalized spacial score (nSPS) is 13.2. The van der Waals surface area contributed by atoms with Crippen molar-refractivity contribution in [1.82, 2.24) is 9.36 Å². The Morgan fingerprint density at radius 1 is 1.50 bits per heavy atom. The van der Waals surface area contributed by atoms with Gasteiger partial charge in [0.1, 0.15) is 11.6 Å². The fourth-order valence-electron chi connectivity index (χ4n) is 2.02. The number of ether oxygens (including phenoxy) is 1. The van der Waals surface area contributed by atoms with E-state index < -0.39 is 0 Å². The van der Waals surface area contributed by atoms with Gasteiger partial charge in [0.25, 0.3) is 0 Å². The Bertz CT molecular complexity index is 585. The number of halogens is 1. The highest BCUT2D eigenvalue weighted by Crippen LogP contribution is 2.33. The standard InChI is InChI=1S/C12H12BrN3OS/c1-7-15-12(18-16-7)14-6-9-5-10(13)4-8-2-3-17-11(8)9/h4-5H,2-3,6H2,1H3,(H,14,15,16). The molecule has 1 aromatic heterocycles. The Kier molecular flexibility index (Phi) is 3.22. The van der Waals surface area contributed by atoms with E-state index in [0.717, 1.165) is 39.8 Å². The van der Waals surface area contributed by atoms with Crippen LogP contribution in [0.25, 0.3) is 0 Å². The van der Waals surface area contributed by atoms with Gasteiger partial charge in [-0.05, 0) is 24.6 Å². The van der Waals surface area contributed by atoms with Crippen molar-refractivity contribution in [1.29, 1.82) is 0 Å². The minimum atomic E-state index is 0.705. The van der Waals surface area contributed by atoms with Crippen LogP contribution in [0, 0.1) is 6.92 Å². The average molecular weight is 326 g/mol. The third-order valence-electron chi connectivity index (χ3n) is 2.78. The van der Waals surface area contributed by atoms with Gasteiger partial charge in [-0.1, -0.05) is 15.9 Å². The molecule has 0 atom stereocenters. The quantitative estimate of drug-likeness (QED) is 0.941. The first-order valence-electron chi connectivity index (χ1n) is 5.70. The number of benzene rings is 1. The highest BCUT2D eigenvalue weighted by atomic mass is 79.9.